The molecule has 0 N–H and O–H groups in total. The predicted molar refractivity (Wildman–Crippen MR) is 96.3 cm³/mol. The molecule has 1 amide bonds. The summed E-state index contributed by atoms with van der Waals surface area (Å²) in [5.74, 6) is 1.24. The zero-order valence-electron chi connectivity index (χ0n) is 14.3. The molecule has 0 aliphatic carbocycles. The van der Waals surface area contributed by atoms with E-state index in [0.717, 1.165) is 12.1 Å². The Morgan fingerprint density at radius 1 is 0.960 bits per heavy atom. The number of piperidine rings is 3. The number of rotatable bonds is 2. The molecule has 4 aliphatic heterocycles. The highest BCUT2D eigenvalue weighted by Gasteiger charge is 2.54. The van der Waals surface area contributed by atoms with Crippen molar-refractivity contribution in [3.05, 3.63) is 66.0 Å². The van der Waals surface area contributed by atoms with Crippen LogP contribution in [-0.4, -0.2) is 52.4 Å². The maximum atomic E-state index is 13.2. The Balaban J connectivity index is 1.53. The average Bonchev–Trinajstić information content (AvgIpc) is 3.12. The summed E-state index contributed by atoms with van der Waals surface area (Å²) in [5.41, 5.74) is 2.13. The summed E-state index contributed by atoms with van der Waals surface area (Å²) in [4.78, 5) is 22.1. The van der Waals surface area contributed by atoms with Gasteiger partial charge in [0.25, 0.3) is 5.91 Å². The summed E-state index contributed by atoms with van der Waals surface area (Å²) in [6, 6.07) is 15.3. The molecule has 4 aliphatic rings. The van der Waals surface area contributed by atoms with Crippen LogP contribution in [0.3, 0.4) is 0 Å². The molecule has 2 aromatic rings. The Labute approximate surface area is 148 Å². The van der Waals surface area contributed by atoms with E-state index in [9.17, 15) is 4.79 Å². The molecule has 6 rings (SSSR count). The third kappa shape index (κ3) is 2.39. The van der Waals surface area contributed by atoms with Crippen LogP contribution in [0.5, 0.6) is 0 Å². The first kappa shape index (κ1) is 15.1. The number of hydrogen-bond acceptors (Lipinski definition) is 3. The van der Waals surface area contributed by atoms with Crippen LogP contribution in [-0.2, 0) is 0 Å². The van der Waals surface area contributed by atoms with Crippen LogP contribution in [0.1, 0.15) is 34.7 Å². The maximum absolute atomic E-state index is 13.2. The molecule has 1 aromatic heterocycles. The zero-order valence-corrected chi connectivity index (χ0v) is 14.3. The zero-order chi connectivity index (χ0) is 16.8. The van der Waals surface area contributed by atoms with E-state index in [-0.39, 0.29) is 5.91 Å². The molecule has 5 heterocycles. The van der Waals surface area contributed by atoms with Crippen LogP contribution < -0.4 is 0 Å². The fourth-order valence-corrected chi connectivity index (χ4v) is 5.31. The second-order valence-electron chi connectivity index (χ2n) is 7.57. The van der Waals surface area contributed by atoms with Gasteiger partial charge in [-0.05, 0) is 49.5 Å². The van der Waals surface area contributed by atoms with E-state index in [1.807, 2.05) is 12.1 Å². The topological polar surface area (TPSA) is 36.4 Å². The van der Waals surface area contributed by atoms with Gasteiger partial charge in [0, 0.05) is 36.5 Å². The maximum Gasteiger partial charge on any atom is 0.254 e. The highest BCUT2D eigenvalue weighted by molar-refractivity contribution is 5.94. The number of amides is 1. The Hall–Kier alpha value is -2.20. The molecule has 128 valence electrons. The minimum absolute atomic E-state index is 0.171. The van der Waals surface area contributed by atoms with Gasteiger partial charge in [0.15, 0.2) is 0 Å². The van der Waals surface area contributed by atoms with Crippen molar-refractivity contribution in [3.63, 3.8) is 0 Å². The summed E-state index contributed by atoms with van der Waals surface area (Å²) >= 11 is 0. The largest absolute Gasteiger partial charge is 0.333 e. The number of hydrogen-bond donors (Lipinski definition) is 0. The Kier molecular flexibility index (Phi) is 3.59. The number of pyridine rings is 1. The van der Waals surface area contributed by atoms with Gasteiger partial charge in [0.1, 0.15) is 0 Å². The fraction of sp³-hybridized carbons (Fsp3) is 0.429. The van der Waals surface area contributed by atoms with E-state index in [2.05, 4.69) is 45.1 Å². The standard InChI is InChI=1S/C21H23N3O/c25-21(17-6-10-22-11-7-17)24-14-18(15-4-2-1-3-5-15)20-19(24)16-8-12-23(20)13-9-16/h1-7,10-11,16,18-20H,8-9,12-14H2/t18-,19+,20+/m1/s1. The molecule has 4 saturated heterocycles. The summed E-state index contributed by atoms with van der Waals surface area (Å²) in [6.45, 7) is 3.20. The molecule has 4 fully saturated rings. The lowest BCUT2D eigenvalue weighted by Crippen LogP contribution is -2.60. The molecular formula is C21H23N3O. The van der Waals surface area contributed by atoms with Gasteiger partial charge in [-0.25, -0.2) is 0 Å². The molecule has 2 bridgehead atoms. The Morgan fingerprint density at radius 3 is 2.40 bits per heavy atom. The predicted octanol–water partition coefficient (Wildman–Crippen LogP) is 2.78. The van der Waals surface area contributed by atoms with E-state index in [0.29, 0.717) is 23.9 Å². The summed E-state index contributed by atoms with van der Waals surface area (Å²) in [6.07, 6.45) is 5.88. The SMILES string of the molecule is O=C(c1ccncc1)N1C[C@H](c2ccccc2)[C@H]2[C@@H]1C1CCN2CC1. The van der Waals surface area contributed by atoms with Crippen molar-refractivity contribution in [2.75, 3.05) is 19.6 Å². The van der Waals surface area contributed by atoms with E-state index in [1.165, 1.54) is 31.5 Å². The minimum Gasteiger partial charge on any atom is -0.333 e. The smallest absolute Gasteiger partial charge is 0.254 e. The van der Waals surface area contributed by atoms with Gasteiger partial charge >= 0.3 is 0 Å². The molecule has 0 spiro atoms. The number of aromatic nitrogens is 1. The number of carbonyl (C=O) groups excluding carboxylic acids is 1. The highest BCUT2D eigenvalue weighted by atomic mass is 16.2. The van der Waals surface area contributed by atoms with Gasteiger partial charge in [-0.3, -0.25) is 14.7 Å². The van der Waals surface area contributed by atoms with Crippen molar-refractivity contribution in [3.8, 4) is 0 Å². The molecule has 3 atom stereocenters. The first-order chi connectivity index (χ1) is 12.3. The van der Waals surface area contributed by atoms with E-state index in [1.54, 1.807) is 12.4 Å². The van der Waals surface area contributed by atoms with Crippen LogP contribution >= 0.6 is 0 Å². The van der Waals surface area contributed by atoms with Gasteiger partial charge in [0.2, 0.25) is 0 Å². The molecule has 0 unspecified atom stereocenters. The Bertz CT molecular complexity index is 755. The fourth-order valence-electron chi connectivity index (χ4n) is 5.31. The van der Waals surface area contributed by atoms with Gasteiger partial charge in [-0.15, -0.1) is 0 Å². The molecule has 1 aromatic carbocycles. The second-order valence-corrected chi connectivity index (χ2v) is 7.57. The van der Waals surface area contributed by atoms with Gasteiger partial charge in [0.05, 0.1) is 6.04 Å². The lowest BCUT2D eigenvalue weighted by Gasteiger charge is -2.51. The molecule has 0 saturated carbocycles. The lowest BCUT2D eigenvalue weighted by molar-refractivity contribution is -0.00341. The van der Waals surface area contributed by atoms with Gasteiger partial charge in [-0.1, -0.05) is 30.3 Å². The molecule has 4 heteroatoms. The summed E-state index contributed by atoms with van der Waals surface area (Å²) in [5, 5.41) is 0. The highest BCUT2D eigenvalue weighted by Crippen LogP contribution is 2.46. The first-order valence-electron chi connectivity index (χ1n) is 9.33. The van der Waals surface area contributed by atoms with Crippen molar-refractivity contribution in [2.45, 2.75) is 30.8 Å². The van der Waals surface area contributed by atoms with Gasteiger partial charge < -0.3 is 4.90 Å². The van der Waals surface area contributed by atoms with Crippen LogP contribution in [0.15, 0.2) is 54.9 Å². The van der Waals surface area contributed by atoms with E-state index < -0.39 is 0 Å². The third-order valence-corrected chi connectivity index (χ3v) is 6.41. The van der Waals surface area contributed by atoms with E-state index >= 15 is 0 Å². The first-order valence-corrected chi connectivity index (χ1v) is 9.33. The van der Waals surface area contributed by atoms with Crippen molar-refractivity contribution in [1.82, 2.24) is 14.8 Å². The quantitative estimate of drug-likeness (QED) is 0.848. The number of nitrogens with zero attached hydrogens (tertiary/aromatic N) is 3. The van der Waals surface area contributed by atoms with Crippen LogP contribution in [0.2, 0.25) is 0 Å². The average molecular weight is 333 g/mol. The van der Waals surface area contributed by atoms with Gasteiger partial charge in [-0.2, -0.15) is 0 Å². The van der Waals surface area contributed by atoms with Crippen LogP contribution in [0.4, 0.5) is 0 Å². The van der Waals surface area contributed by atoms with Crippen molar-refractivity contribution in [2.24, 2.45) is 5.92 Å². The van der Waals surface area contributed by atoms with Crippen LogP contribution in [0.25, 0.3) is 0 Å². The lowest BCUT2D eigenvalue weighted by atomic mass is 9.75. The molecule has 4 nitrogen and oxygen atoms in total. The molecule has 25 heavy (non-hydrogen) atoms. The number of fused-ring (bicyclic) bond motifs is 2. The Morgan fingerprint density at radius 2 is 1.68 bits per heavy atom. The van der Waals surface area contributed by atoms with Crippen molar-refractivity contribution < 1.29 is 4.79 Å². The second kappa shape index (κ2) is 5.95. The van der Waals surface area contributed by atoms with Crippen LogP contribution in [0, 0.1) is 5.92 Å². The molecular weight excluding hydrogens is 310 g/mol. The monoisotopic (exact) mass is 333 g/mol. The third-order valence-electron chi connectivity index (χ3n) is 6.41. The summed E-state index contributed by atoms with van der Waals surface area (Å²) in [7, 11) is 0. The van der Waals surface area contributed by atoms with Crippen molar-refractivity contribution in [1.29, 1.82) is 0 Å². The molecule has 0 radical (unpaired) electrons. The minimum atomic E-state index is 0.171. The number of carbonyl (C=O) groups is 1. The normalized spacial score (nSPS) is 33.3. The van der Waals surface area contributed by atoms with E-state index in [4.69, 9.17) is 0 Å². The summed E-state index contributed by atoms with van der Waals surface area (Å²) < 4.78 is 0. The number of likely N-dealkylation sites (tertiary alicyclic amines) is 1. The number of benzene rings is 1. The van der Waals surface area contributed by atoms with Crippen molar-refractivity contribution >= 4 is 5.91 Å².